The van der Waals surface area contributed by atoms with Gasteiger partial charge in [-0.3, -0.25) is 0 Å². The molecule has 0 saturated carbocycles. The number of imidazole rings is 2. The lowest BCUT2D eigenvalue weighted by Gasteiger charge is -2.09. The molecule has 0 bridgehead atoms. The van der Waals surface area contributed by atoms with E-state index in [-0.39, 0.29) is 0 Å². The number of para-hydroxylation sites is 2. The Morgan fingerprint density at radius 1 is 0.300 bits per heavy atom. The van der Waals surface area contributed by atoms with Gasteiger partial charge in [0, 0.05) is 77.8 Å². The maximum atomic E-state index is 4.81. The van der Waals surface area contributed by atoms with Crippen LogP contribution in [-0.4, -0.2) is 27.9 Å². The molecule has 0 aliphatic rings. The fraction of sp³-hybridized carbons (Fsp3) is 0. The van der Waals surface area contributed by atoms with Crippen molar-refractivity contribution >= 4 is 86.8 Å². The lowest BCUT2D eigenvalue weighted by molar-refractivity contribution is 1.18. The van der Waals surface area contributed by atoms with Crippen LogP contribution in [0.5, 0.6) is 0 Å². The van der Waals surface area contributed by atoms with Crippen LogP contribution in [0, 0.1) is 0 Å². The third kappa shape index (κ3) is 7.49. The third-order valence-corrected chi connectivity index (χ3v) is 14.2. The monoisotopic (exact) mass is 1030 g/mol. The van der Waals surface area contributed by atoms with Gasteiger partial charge in [0.1, 0.15) is 11.3 Å². The molecule has 0 amide bonds. The summed E-state index contributed by atoms with van der Waals surface area (Å²) in [5, 5.41) is 4.96. The molecule has 0 aliphatic carbocycles. The first-order chi connectivity index (χ1) is 34.5. The molecule has 0 aliphatic heterocycles. The molecule has 0 unspecified atom stereocenters. The zero-order valence-electron chi connectivity index (χ0n) is 37.5. The molecule has 8 heteroatoms. The summed E-state index contributed by atoms with van der Waals surface area (Å²) in [7, 11) is 0. The molecular weight excluding hydrogens is 989 g/mol. The molecule has 332 valence electrons. The van der Waals surface area contributed by atoms with E-state index in [2.05, 4.69) is 238 Å². The van der Waals surface area contributed by atoms with Crippen LogP contribution in [0.3, 0.4) is 0 Å². The van der Waals surface area contributed by atoms with Crippen molar-refractivity contribution in [3.8, 4) is 56.1 Å². The van der Waals surface area contributed by atoms with Gasteiger partial charge in [-0.2, -0.15) is 0 Å². The summed E-state index contributed by atoms with van der Waals surface area (Å²) in [6.07, 6.45) is 8.23. The number of hydrogen-bond acceptors (Lipinski definition) is 2. The smallest absolute Gasteiger partial charge is 0.137 e. The molecule has 70 heavy (non-hydrogen) atoms. The molecule has 6 heterocycles. The third-order valence-electron chi connectivity index (χ3n) is 13.2. The lowest BCUT2D eigenvalue weighted by Crippen LogP contribution is -1.93. The highest BCUT2D eigenvalue weighted by molar-refractivity contribution is 9.10. The fourth-order valence-electron chi connectivity index (χ4n) is 9.87. The van der Waals surface area contributed by atoms with Gasteiger partial charge in [0.25, 0.3) is 0 Å². The predicted molar refractivity (Wildman–Crippen MR) is 296 cm³/mol. The van der Waals surface area contributed by atoms with Crippen molar-refractivity contribution < 1.29 is 0 Å². The largest absolute Gasteiger partial charge is 0.309 e. The molecule has 6 aromatic heterocycles. The standard InChI is InChI=1S/C44H29N5.C18H11Br2N/c1-2-8-36(9-3-1)49-41-22-20-34(30-12-16-32(17-13-30)39-28-47-24-6-4-10-43(47)45-39)26-37(41)38-27-35(21-23-42(38)49)31-14-18-33(19-15-31)40-29-48-25-7-5-11-44(48)46-40;19-12-6-8-17-15(10-12)16-11-13(20)7-9-18(16)21(17)14-4-2-1-3-5-14/h1-29H;1-11H. The summed E-state index contributed by atoms with van der Waals surface area (Å²) in [5.74, 6) is 0. The van der Waals surface area contributed by atoms with E-state index in [0.29, 0.717) is 0 Å². The van der Waals surface area contributed by atoms with Crippen LogP contribution in [0.1, 0.15) is 0 Å². The molecule has 0 atom stereocenters. The van der Waals surface area contributed by atoms with Crippen molar-refractivity contribution in [2.75, 3.05) is 0 Å². The Balaban J connectivity index is 0.000000190. The Morgan fingerprint density at radius 3 is 1.04 bits per heavy atom. The first kappa shape index (κ1) is 41.9. The van der Waals surface area contributed by atoms with E-state index in [1.807, 2.05) is 54.9 Å². The molecule has 14 rings (SSSR count). The zero-order chi connectivity index (χ0) is 46.7. The second-order valence-corrected chi connectivity index (χ2v) is 19.3. The molecule has 0 fully saturated rings. The first-order valence-corrected chi connectivity index (χ1v) is 24.8. The zero-order valence-corrected chi connectivity index (χ0v) is 40.7. The summed E-state index contributed by atoms with van der Waals surface area (Å²) in [6.45, 7) is 0. The van der Waals surface area contributed by atoms with Gasteiger partial charge in [-0.25, -0.2) is 9.97 Å². The van der Waals surface area contributed by atoms with Gasteiger partial charge in [0.15, 0.2) is 0 Å². The van der Waals surface area contributed by atoms with Crippen LogP contribution in [0.2, 0.25) is 0 Å². The summed E-state index contributed by atoms with van der Waals surface area (Å²) in [6, 6.07) is 77.3. The Kier molecular flexibility index (Phi) is 10.4. The quantitative estimate of drug-likeness (QED) is 0.167. The van der Waals surface area contributed by atoms with Gasteiger partial charge in [0.05, 0.1) is 33.5 Å². The number of rotatable bonds is 6. The number of halogens is 2. The van der Waals surface area contributed by atoms with Gasteiger partial charge in [-0.1, -0.05) is 141 Å². The molecule has 8 aromatic carbocycles. The second kappa shape index (κ2) is 17.3. The number of fused-ring (bicyclic) bond motifs is 8. The van der Waals surface area contributed by atoms with E-state index in [4.69, 9.17) is 9.97 Å². The van der Waals surface area contributed by atoms with E-state index in [1.165, 1.54) is 71.6 Å². The maximum Gasteiger partial charge on any atom is 0.137 e. The molecule has 0 spiro atoms. The summed E-state index contributed by atoms with van der Waals surface area (Å²) in [4.78, 5) is 9.62. The van der Waals surface area contributed by atoms with Crippen LogP contribution in [0.25, 0.3) is 111 Å². The summed E-state index contributed by atoms with van der Waals surface area (Å²) >= 11 is 7.16. The van der Waals surface area contributed by atoms with Crippen molar-refractivity contribution in [1.29, 1.82) is 0 Å². The van der Waals surface area contributed by atoms with Gasteiger partial charge in [-0.15, -0.1) is 0 Å². The summed E-state index contributed by atoms with van der Waals surface area (Å²) < 4.78 is 11.0. The highest BCUT2D eigenvalue weighted by Gasteiger charge is 2.16. The Bertz CT molecular complexity index is 3940. The van der Waals surface area contributed by atoms with Gasteiger partial charge in [0.2, 0.25) is 0 Å². The van der Waals surface area contributed by atoms with Gasteiger partial charge < -0.3 is 17.9 Å². The van der Waals surface area contributed by atoms with Crippen LogP contribution in [0.4, 0.5) is 0 Å². The topological polar surface area (TPSA) is 44.5 Å². The molecule has 0 N–H and O–H groups in total. The number of aromatic nitrogens is 6. The molecule has 14 aromatic rings. The normalized spacial score (nSPS) is 11.6. The number of benzene rings is 8. The second-order valence-electron chi connectivity index (χ2n) is 17.5. The number of pyridine rings is 2. The van der Waals surface area contributed by atoms with E-state index >= 15 is 0 Å². The number of nitrogens with zero attached hydrogens (tertiary/aromatic N) is 6. The molecule has 6 nitrogen and oxygen atoms in total. The average Bonchev–Trinajstić information content (AvgIpc) is 4.20. The molecule has 0 radical (unpaired) electrons. The Hall–Kier alpha value is -8.30. The van der Waals surface area contributed by atoms with E-state index in [9.17, 15) is 0 Å². The Labute approximate surface area is 420 Å². The van der Waals surface area contributed by atoms with Crippen molar-refractivity contribution in [2.24, 2.45) is 0 Å². The SMILES string of the molecule is Brc1ccc2c(c1)c1cc(Br)ccc1n2-c1ccccc1.c1ccc(-n2c3ccc(-c4ccc(-c5cn6ccccc6n5)cc4)cc3c3cc(-c4ccc(-c5cn6ccccc6n5)cc4)ccc32)cc1. The van der Waals surface area contributed by atoms with Crippen molar-refractivity contribution in [3.05, 3.63) is 252 Å². The average molecular weight is 1030 g/mol. The number of hydrogen-bond donors (Lipinski definition) is 0. The highest BCUT2D eigenvalue weighted by atomic mass is 79.9. The van der Waals surface area contributed by atoms with E-state index in [0.717, 1.165) is 48.4 Å². The fourth-order valence-corrected chi connectivity index (χ4v) is 10.6. The highest BCUT2D eigenvalue weighted by Crippen LogP contribution is 2.39. The first-order valence-electron chi connectivity index (χ1n) is 23.2. The van der Waals surface area contributed by atoms with Crippen LogP contribution in [0.15, 0.2) is 252 Å². The minimum absolute atomic E-state index is 0.948. The van der Waals surface area contributed by atoms with Crippen LogP contribution < -0.4 is 0 Å². The maximum absolute atomic E-state index is 4.81. The van der Waals surface area contributed by atoms with Gasteiger partial charge in [-0.05, 0) is 131 Å². The predicted octanol–water partition coefficient (Wildman–Crippen LogP) is 17.1. The Morgan fingerprint density at radius 2 is 0.643 bits per heavy atom. The lowest BCUT2D eigenvalue weighted by atomic mass is 9.99. The molecule has 0 saturated heterocycles. The van der Waals surface area contributed by atoms with Crippen molar-refractivity contribution in [2.45, 2.75) is 0 Å². The minimum Gasteiger partial charge on any atom is -0.309 e. The van der Waals surface area contributed by atoms with Crippen LogP contribution in [-0.2, 0) is 0 Å². The minimum atomic E-state index is 0.948. The summed E-state index contributed by atoms with van der Waals surface area (Å²) in [5.41, 5.74) is 17.9. The van der Waals surface area contributed by atoms with Crippen molar-refractivity contribution in [3.63, 3.8) is 0 Å². The van der Waals surface area contributed by atoms with Gasteiger partial charge >= 0.3 is 0 Å². The van der Waals surface area contributed by atoms with Crippen LogP contribution >= 0.6 is 31.9 Å². The molecular formula is C62H40Br2N6. The van der Waals surface area contributed by atoms with E-state index < -0.39 is 0 Å². The van der Waals surface area contributed by atoms with Crippen molar-refractivity contribution in [1.82, 2.24) is 27.9 Å². The van der Waals surface area contributed by atoms with E-state index in [1.54, 1.807) is 0 Å².